The van der Waals surface area contributed by atoms with Crippen LogP contribution in [0.5, 0.6) is 0 Å². The Morgan fingerprint density at radius 2 is 1.59 bits per heavy atom. The first-order chi connectivity index (χ1) is 13.9. The first-order valence-electron chi connectivity index (χ1n) is 10.9. The van der Waals surface area contributed by atoms with Crippen LogP contribution < -0.4 is 0 Å². The van der Waals surface area contributed by atoms with Crippen molar-refractivity contribution in [1.29, 1.82) is 0 Å². The summed E-state index contributed by atoms with van der Waals surface area (Å²) in [4.78, 5) is 30.2. The van der Waals surface area contributed by atoms with Crippen LogP contribution in [0.25, 0.3) is 0 Å². The van der Waals surface area contributed by atoms with Gasteiger partial charge < -0.3 is 14.5 Å². The predicted molar refractivity (Wildman–Crippen MR) is 108 cm³/mol. The minimum atomic E-state index is -0.500. The maximum atomic E-state index is 13.4. The summed E-state index contributed by atoms with van der Waals surface area (Å²) in [5.74, 6) is 0.0623. The molecule has 2 aliphatic heterocycles. The topological polar surface area (TPSA) is 49.9 Å². The van der Waals surface area contributed by atoms with Crippen molar-refractivity contribution in [1.82, 2.24) is 9.80 Å². The number of likely N-dealkylation sites (tertiary alicyclic amines) is 1. The molecule has 1 aromatic carbocycles. The van der Waals surface area contributed by atoms with Gasteiger partial charge in [-0.2, -0.15) is 0 Å². The molecule has 0 radical (unpaired) electrons. The van der Waals surface area contributed by atoms with Crippen LogP contribution in [0.3, 0.4) is 0 Å². The van der Waals surface area contributed by atoms with Gasteiger partial charge in [0.05, 0.1) is 17.6 Å². The fourth-order valence-electron chi connectivity index (χ4n) is 5.17. The quantitative estimate of drug-likeness (QED) is 0.781. The second-order valence-electron chi connectivity index (χ2n) is 9.01. The molecule has 2 saturated heterocycles. The van der Waals surface area contributed by atoms with E-state index in [0.717, 1.165) is 24.8 Å². The third-order valence-corrected chi connectivity index (χ3v) is 6.88. The minimum absolute atomic E-state index is 0.0142. The van der Waals surface area contributed by atoms with Gasteiger partial charge in [0.25, 0.3) is 0 Å². The van der Waals surface area contributed by atoms with Gasteiger partial charge in [0.15, 0.2) is 0 Å². The maximum absolute atomic E-state index is 13.4. The van der Waals surface area contributed by atoms with Crippen LogP contribution in [0.4, 0.5) is 4.39 Å². The van der Waals surface area contributed by atoms with Crippen LogP contribution in [0.1, 0.15) is 51.5 Å². The lowest BCUT2D eigenvalue weighted by Crippen LogP contribution is -2.55. The van der Waals surface area contributed by atoms with Crippen molar-refractivity contribution in [2.75, 3.05) is 26.2 Å². The van der Waals surface area contributed by atoms with Crippen molar-refractivity contribution in [3.05, 3.63) is 35.6 Å². The van der Waals surface area contributed by atoms with Gasteiger partial charge in [-0.1, -0.05) is 18.6 Å². The molecule has 6 heteroatoms. The summed E-state index contributed by atoms with van der Waals surface area (Å²) < 4.78 is 19.1. The van der Waals surface area contributed by atoms with E-state index < -0.39 is 5.41 Å². The Morgan fingerprint density at radius 3 is 2.10 bits per heavy atom. The Kier molecular flexibility index (Phi) is 5.65. The van der Waals surface area contributed by atoms with Gasteiger partial charge >= 0.3 is 0 Å². The van der Waals surface area contributed by atoms with Gasteiger partial charge in [-0.05, 0) is 57.2 Å². The Bertz CT molecular complexity index is 744. The van der Waals surface area contributed by atoms with Gasteiger partial charge in [-0.3, -0.25) is 9.59 Å². The Morgan fingerprint density at radius 1 is 1.00 bits per heavy atom. The molecule has 3 aliphatic rings. The number of rotatable bonds is 3. The van der Waals surface area contributed by atoms with E-state index in [1.54, 1.807) is 12.1 Å². The lowest BCUT2D eigenvalue weighted by molar-refractivity contribution is -0.152. The molecule has 0 bridgehead atoms. The van der Waals surface area contributed by atoms with Crippen molar-refractivity contribution in [3.63, 3.8) is 0 Å². The minimum Gasteiger partial charge on any atom is -0.372 e. The number of halogens is 1. The molecule has 2 amide bonds. The van der Waals surface area contributed by atoms with E-state index in [1.165, 1.54) is 12.1 Å². The second kappa shape index (κ2) is 8.05. The fraction of sp³-hybridized carbons (Fsp3) is 0.652. The third-order valence-electron chi connectivity index (χ3n) is 6.88. The first kappa shape index (κ1) is 20.3. The summed E-state index contributed by atoms with van der Waals surface area (Å²) in [5.41, 5.74) is 0.421. The molecule has 1 aromatic rings. The monoisotopic (exact) mass is 402 g/mol. The molecule has 4 rings (SSSR count). The number of piperidine rings is 1. The fourth-order valence-corrected chi connectivity index (χ4v) is 5.17. The molecule has 2 heterocycles. The predicted octanol–water partition coefficient (Wildman–Crippen LogP) is 3.12. The van der Waals surface area contributed by atoms with E-state index in [4.69, 9.17) is 4.74 Å². The zero-order chi connectivity index (χ0) is 20.6. The van der Waals surface area contributed by atoms with Crippen molar-refractivity contribution >= 4 is 11.8 Å². The van der Waals surface area contributed by atoms with Crippen molar-refractivity contribution in [3.8, 4) is 0 Å². The molecule has 0 N–H and O–H groups in total. The average molecular weight is 403 g/mol. The van der Waals surface area contributed by atoms with Crippen LogP contribution in [0, 0.1) is 11.7 Å². The third kappa shape index (κ3) is 3.91. The molecule has 1 aliphatic carbocycles. The number of benzene rings is 1. The summed E-state index contributed by atoms with van der Waals surface area (Å²) in [6.45, 7) is 6.54. The van der Waals surface area contributed by atoms with E-state index in [1.807, 2.05) is 23.6 Å². The molecule has 2 atom stereocenters. The van der Waals surface area contributed by atoms with Crippen LogP contribution in [-0.4, -0.2) is 60.0 Å². The number of ether oxygens (including phenoxy) is 1. The Labute approximate surface area is 172 Å². The molecule has 5 nitrogen and oxygen atoms in total. The average Bonchev–Trinajstić information content (AvgIpc) is 2.67. The van der Waals surface area contributed by atoms with Crippen molar-refractivity contribution < 1.29 is 18.7 Å². The number of carbonyl (C=O) groups is 2. The lowest BCUT2D eigenvalue weighted by Gasteiger charge is -2.46. The molecule has 2 unspecified atom stereocenters. The van der Waals surface area contributed by atoms with Crippen LogP contribution >= 0.6 is 0 Å². The SMILES string of the molecule is CC1CN(C(=O)C2CCN(C(=O)C3(c4ccc(F)cc4)CCC3)CC2)CC(C)O1. The zero-order valence-corrected chi connectivity index (χ0v) is 17.4. The number of amides is 2. The highest BCUT2D eigenvalue weighted by atomic mass is 19.1. The lowest BCUT2D eigenvalue weighted by atomic mass is 9.63. The normalized spacial score (nSPS) is 27.4. The van der Waals surface area contributed by atoms with E-state index in [-0.39, 0.29) is 35.8 Å². The Balaban J connectivity index is 1.38. The zero-order valence-electron chi connectivity index (χ0n) is 17.4. The highest BCUT2D eigenvalue weighted by Gasteiger charge is 2.48. The maximum Gasteiger partial charge on any atom is 0.233 e. The summed E-state index contributed by atoms with van der Waals surface area (Å²) in [6, 6.07) is 6.39. The van der Waals surface area contributed by atoms with Gasteiger partial charge in [0.2, 0.25) is 11.8 Å². The molecule has 158 valence electrons. The number of hydrogen-bond acceptors (Lipinski definition) is 3. The van der Waals surface area contributed by atoms with Gasteiger partial charge in [0.1, 0.15) is 5.82 Å². The van der Waals surface area contributed by atoms with Crippen molar-refractivity contribution in [2.45, 2.75) is 63.6 Å². The van der Waals surface area contributed by atoms with Crippen LogP contribution in [0.2, 0.25) is 0 Å². The highest BCUT2D eigenvalue weighted by Crippen LogP contribution is 2.45. The van der Waals surface area contributed by atoms with Gasteiger partial charge in [-0.15, -0.1) is 0 Å². The van der Waals surface area contributed by atoms with Gasteiger partial charge in [-0.25, -0.2) is 4.39 Å². The molecule has 29 heavy (non-hydrogen) atoms. The Hall–Kier alpha value is -1.95. The molecule has 1 saturated carbocycles. The largest absolute Gasteiger partial charge is 0.372 e. The van der Waals surface area contributed by atoms with E-state index in [2.05, 4.69) is 0 Å². The van der Waals surface area contributed by atoms with E-state index in [0.29, 0.717) is 39.0 Å². The van der Waals surface area contributed by atoms with E-state index >= 15 is 0 Å². The molecule has 0 aromatic heterocycles. The number of morpholine rings is 1. The molecular weight excluding hydrogens is 371 g/mol. The number of hydrogen-bond donors (Lipinski definition) is 0. The first-order valence-corrected chi connectivity index (χ1v) is 10.9. The summed E-state index contributed by atoms with van der Waals surface area (Å²) in [6.07, 6.45) is 4.22. The van der Waals surface area contributed by atoms with Crippen molar-refractivity contribution in [2.24, 2.45) is 5.92 Å². The van der Waals surface area contributed by atoms with Crippen LogP contribution in [-0.2, 0) is 19.7 Å². The number of nitrogens with zero attached hydrogens (tertiary/aromatic N) is 2. The summed E-state index contributed by atoms with van der Waals surface area (Å²) in [7, 11) is 0. The molecule has 3 fully saturated rings. The smallest absolute Gasteiger partial charge is 0.233 e. The van der Waals surface area contributed by atoms with Crippen LogP contribution in [0.15, 0.2) is 24.3 Å². The highest BCUT2D eigenvalue weighted by molar-refractivity contribution is 5.89. The molecular formula is C23H31FN2O3. The molecule has 0 spiro atoms. The van der Waals surface area contributed by atoms with Gasteiger partial charge in [0, 0.05) is 32.1 Å². The number of carbonyl (C=O) groups excluding carboxylic acids is 2. The standard InChI is InChI=1S/C23H31FN2O3/c1-16-14-26(15-17(2)29-16)21(27)18-8-12-25(13-9-18)22(28)23(10-3-11-23)19-4-6-20(24)7-5-19/h4-7,16-18H,3,8-15H2,1-2H3. The summed E-state index contributed by atoms with van der Waals surface area (Å²) >= 11 is 0. The second-order valence-corrected chi connectivity index (χ2v) is 9.01. The van der Waals surface area contributed by atoms with E-state index in [9.17, 15) is 14.0 Å². The summed E-state index contributed by atoms with van der Waals surface area (Å²) in [5, 5.41) is 0.